The van der Waals surface area contributed by atoms with E-state index in [1.165, 1.54) is 12.1 Å². The standard InChI is InChI=1S/C22H14ClN3O3S/c23-19-10-9-17(26(28)29)12-18(19)21(27)24-16-8-4-7-15(11-16)20-13-30-22(25-20)14-5-2-1-3-6-14/h1-13H,(H,24,27). The van der Waals surface area contributed by atoms with Crippen LogP contribution in [0.15, 0.2) is 78.2 Å². The van der Waals surface area contributed by atoms with Gasteiger partial charge in [0, 0.05) is 34.3 Å². The van der Waals surface area contributed by atoms with E-state index in [1.54, 1.807) is 23.5 Å². The number of thiazole rings is 1. The number of non-ortho nitro benzene ring substituents is 1. The number of hydrogen-bond donors (Lipinski definition) is 1. The number of nitrogens with zero attached hydrogens (tertiary/aromatic N) is 2. The Hall–Kier alpha value is -3.55. The molecule has 0 aliphatic rings. The molecule has 0 bridgehead atoms. The molecule has 148 valence electrons. The van der Waals surface area contributed by atoms with Gasteiger partial charge in [-0.25, -0.2) is 4.98 Å². The number of carbonyl (C=O) groups excluding carboxylic acids is 1. The molecule has 1 aromatic heterocycles. The molecule has 1 N–H and O–H groups in total. The summed E-state index contributed by atoms with van der Waals surface area (Å²) in [5.74, 6) is -0.524. The van der Waals surface area contributed by atoms with Crippen molar-refractivity contribution in [2.24, 2.45) is 0 Å². The molecule has 3 aromatic carbocycles. The van der Waals surface area contributed by atoms with Crippen molar-refractivity contribution in [1.29, 1.82) is 0 Å². The highest BCUT2D eigenvalue weighted by molar-refractivity contribution is 7.13. The van der Waals surface area contributed by atoms with Gasteiger partial charge in [0.1, 0.15) is 5.01 Å². The first kappa shape index (κ1) is 19.8. The molecule has 0 fully saturated rings. The summed E-state index contributed by atoms with van der Waals surface area (Å²) in [4.78, 5) is 27.7. The van der Waals surface area contributed by atoms with Crippen molar-refractivity contribution < 1.29 is 9.72 Å². The first-order valence-electron chi connectivity index (χ1n) is 8.88. The highest BCUT2D eigenvalue weighted by Gasteiger charge is 2.16. The van der Waals surface area contributed by atoms with Gasteiger partial charge in [0.2, 0.25) is 0 Å². The van der Waals surface area contributed by atoms with Crippen LogP contribution in [0.5, 0.6) is 0 Å². The van der Waals surface area contributed by atoms with Crippen molar-refractivity contribution in [3.05, 3.63) is 98.9 Å². The van der Waals surface area contributed by atoms with Crippen LogP contribution in [0, 0.1) is 10.1 Å². The molecule has 0 saturated heterocycles. The number of nitro benzene ring substituents is 1. The minimum Gasteiger partial charge on any atom is -0.322 e. The second kappa shape index (κ2) is 8.44. The molecular formula is C22H14ClN3O3S. The summed E-state index contributed by atoms with van der Waals surface area (Å²) in [6, 6.07) is 20.9. The van der Waals surface area contributed by atoms with Gasteiger partial charge in [-0.3, -0.25) is 14.9 Å². The molecule has 4 rings (SSSR count). The van der Waals surface area contributed by atoms with E-state index >= 15 is 0 Å². The number of amides is 1. The number of halogens is 1. The summed E-state index contributed by atoms with van der Waals surface area (Å²) in [6.07, 6.45) is 0. The number of benzene rings is 3. The molecular weight excluding hydrogens is 422 g/mol. The maximum atomic E-state index is 12.6. The SMILES string of the molecule is O=C(Nc1cccc(-c2csc(-c3ccccc3)n2)c1)c1cc([N+](=O)[O-])ccc1Cl. The van der Waals surface area contributed by atoms with Gasteiger partial charge in [0.15, 0.2) is 0 Å². The zero-order valence-corrected chi connectivity index (χ0v) is 17.0. The Kier molecular flexibility index (Phi) is 5.56. The average molecular weight is 436 g/mol. The van der Waals surface area contributed by atoms with E-state index in [-0.39, 0.29) is 16.3 Å². The number of hydrogen-bond acceptors (Lipinski definition) is 5. The third-order valence-corrected chi connectivity index (χ3v) is 5.57. The second-order valence-electron chi connectivity index (χ2n) is 6.36. The maximum Gasteiger partial charge on any atom is 0.270 e. The molecule has 0 aliphatic heterocycles. The summed E-state index contributed by atoms with van der Waals surface area (Å²) in [5.41, 5.74) is 3.05. The maximum absolute atomic E-state index is 12.6. The van der Waals surface area contributed by atoms with Crippen LogP contribution in [0.1, 0.15) is 10.4 Å². The molecule has 4 aromatic rings. The van der Waals surface area contributed by atoms with E-state index in [2.05, 4.69) is 10.3 Å². The molecule has 8 heteroatoms. The molecule has 1 heterocycles. The van der Waals surface area contributed by atoms with Crippen LogP contribution in [0.2, 0.25) is 5.02 Å². The molecule has 0 spiro atoms. The van der Waals surface area contributed by atoms with E-state index in [4.69, 9.17) is 11.6 Å². The normalized spacial score (nSPS) is 10.6. The van der Waals surface area contributed by atoms with Gasteiger partial charge < -0.3 is 5.32 Å². The van der Waals surface area contributed by atoms with Crippen LogP contribution in [-0.2, 0) is 0 Å². The van der Waals surface area contributed by atoms with Crippen LogP contribution < -0.4 is 5.32 Å². The molecule has 1 amide bonds. The van der Waals surface area contributed by atoms with E-state index in [1.807, 2.05) is 47.8 Å². The second-order valence-corrected chi connectivity index (χ2v) is 7.63. The predicted molar refractivity (Wildman–Crippen MR) is 119 cm³/mol. The van der Waals surface area contributed by atoms with Gasteiger partial charge in [-0.1, -0.05) is 54.1 Å². The zero-order valence-electron chi connectivity index (χ0n) is 15.4. The average Bonchev–Trinajstić information content (AvgIpc) is 3.25. The lowest BCUT2D eigenvalue weighted by Gasteiger charge is -2.08. The van der Waals surface area contributed by atoms with Gasteiger partial charge in [0.05, 0.1) is 21.2 Å². The minimum atomic E-state index is -0.569. The predicted octanol–water partition coefficient (Wildman–Crippen LogP) is 6.29. The number of rotatable bonds is 5. The quantitative estimate of drug-likeness (QED) is 0.295. The lowest BCUT2D eigenvalue weighted by molar-refractivity contribution is -0.384. The van der Waals surface area contributed by atoms with Gasteiger partial charge in [0.25, 0.3) is 11.6 Å². The smallest absolute Gasteiger partial charge is 0.270 e. The van der Waals surface area contributed by atoms with E-state index in [9.17, 15) is 14.9 Å². The van der Waals surface area contributed by atoms with Crippen LogP contribution in [-0.4, -0.2) is 15.8 Å². The zero-order chi connectivity index (χ0) is 21.1. The largest absolute Gasteiger partial charge is 0.322 e. The molecule has 6 nitrogen and oxygen atoms in total. The number of nitrogens with one attached hydrogen (secondary N) is 1. The van der Waals surface area contributed by atoms with Gasteiger partial charge in [-0.2, -0.15) is 0 Å². The Bertz CT molecular complexity index is 1240. The molecule has 0 unspecified atom stereocenters. The first-order chi connectivity index (χ1) is 14.5. The summed E-state index contributed by atoms with van der Waals surface area (Å²) in [7, 11) is 0. The minimum absolute atomic E-state index is 0.0382. The number of nitro groups is 1. The van der Waals surface area contributed by atoms with Crippen molar-refractivity contribution in [2.75, 3.05) is 5.32 Å². The topological polar surface area (TPSA) is 85.1 Å². The summed E-state index contributed by atoms with van der Waals surface area (Å²) in [6.45, 7) is 0. The van der Waals surface area contributed by atoms with E-state index in [0.717, 1.165) is 27.9 Å². The van der Waals surface area contributed by atoms with Gasteiger partial charge in [-0.05, 0) is 18.2 Å². The summed E-state index contributed by atoms with van der Waals surface area (Å²) >= 11 is 7.60. The molecule has 0 radical (unpaired) electrons. The third-order valence-electron chi connectivity index (χ3n) is 4.35. The molecule has 30 heavy (non-hydrogen) atoms. The number of carbonyl (C=O) groups is 1. The van der Waals surface area contributed by atoms with Gasteiger partial charge >= 0.3 is 0 Å². The van der Waals surface area contributed by atoms with Crippen LogP contribution in [0.4, 0.5) is 11.4 Å². The summed E-state index contributed by atoms with van der Waals surface area (Å²) in [5, 5.41) is 16.7. The van der Waals surface area contributed by atoms with Gasteiger partial charge in [-0.15, -0.1) is 11.3 Å². The fourth-order valence-electron chi connectivity index (χ4n) is 2.88. The molecule has 0 atom stereocenters. The fourth-order valence-corrected chi connectivity index (χ4v) is 3.91. The van der Waals surface area contributed by atoms with E-state index < -0.39 is 10.8 Å². The van der Waals surface area contributed by atoms with Crippen LogP contribution in [0.3, 0.4) is 0 Å². The molecule has 0 saturated carbocycles. The van der Waals surface area contributed by atoms with E-state index in [0.29, 0.717) is 5.69 Å². The number of aromatic nitrogens is 1. The monoisotopic (exact) mass is 435 g/mol. The Morgan fingerprint density at radius 3 is 2.53 bits per heavy atom. The highest BCUT2D eigenvalue weighted by atomic mass is 35.5. The lowest BCUT2D eigenvalue weighted by atomic mass is 10.1. The van der Waals surface area contributed by atoms with Crippen molar-refractivity contribution in [3.8, 4) is 21.8 Å². The van der Waals surface area contributed by atoms with Crippen molar-refractivity contribution in [1.82, 2.24) is 4.98 Å². The Labute approximate surface area is 180 Å². The van der Waals surface area contributed by atoms with Crippen molar-refractivity contribution in [2.45, 2.75) is 0 Å². The van der Waals surface area contributed by atoms with Crippen LogP contribution >= 0.6 is 22.9 Å². The highest BCUT2D eigenvalue weighted by Crippen LogP contribution is 2.30. The van der Waals surface area contributed by atoms with Crippen LogP contribution in [0.25, 0.3) is 21.8 Å². The molecule has 0 aliphatic carbocycles. The van der Waals surface area contributed by atoms with Crippen molar-refractivity contribution >= 4 is 40.2 Å². The van der Waals surface area contributed by atoms with Crippen molar-refractivity contribution in [3.63, 3.8) is 0 Å². The summed E-state index contributed by atoms with van der Waals surface area (Å²) < 4.78 is 0. The third kappa shape index (κ3) is 4.22. The number of anilines is 1. The Morgan fingerprint density at radius 2 is 1.77 bits per heavy atom. The lowest BCUT2D eigenvalue weighted by Crippen LogP contribution is -2.12. The first-order valence-corrected chi connectivity index (χ1v) is 10.1. The fraction of sp³-hybridized carbons (Fsp3) is 0. The Balaban J connectivity index is 1.57. The Morgan fingerprint density at radius 1 is 1.00 bits per heavy atom.